The van der Waals surface area contributed by atoms with Crippen molar-refractivity contribution < 1.29 is 29.7 Å². The molecule has 4 N–H and O–H groups in total. The van der Waals surface area contributed by atoms with E-state index in [1.807, 2.05) is 0 Å². The summed E-state index contributed by atoms with van der Waals surface area (Å²) in [5.74, 6) is -3.28. The van der Waals surface area contributed by atoms with Gasteiger partial charge in [-0.1, -0.05) is 0 Å². The third-order valence-electron chi connectivity index (χ3n) is 2.02. The van der Waals surface area contributed by atoms with E-state index in [-0.39, 0.29) is 19.1 Å². The van der Waals surface area contributed by atoms with Gasteiger partial charge in [0.1, 0.15) is 0 Å². The second-order valence-electron chi connectivity index (χ2n) is 3.57. The first-order valence-electron chi connectivity index (χ1n) is 4.93. The molecule has 1 unspecified atom stereocenters. The summed E-state index contributed by atoms with van der Waals surface area (Å²) in [6.45, 7) is 0.774. The van der Waals surface area contributed by atoms with Crippen LogP contribution in [0.3, 0.4) is 0 Å². The maximum absolute atomic E-state index is 10.5. The topological polar surface area (TPSA) is 127 Å². The van der Waals surface area contributed by atoms with Crippen molar-refractivity contribution in [2.24, 2.45) is 0 Å². The summed E-state index contributed by atoms with van der Waals surface area (Å²) in [6.07, 6.45) is 0. The second-order valence-corrected chi connectivity index (χ2v) is 3.57. The molecule has 0 heterocycles. The van der Waals surface area contributed by atoms with E-state index in [4.69, 9.17) is 15.3 Å². The van der Waals surface area contributed by atoms with Crippen LogP contribution in [0.15, 0.2) is 0 Å². The summed E-state index contributed by atoms with van der Waals surface area (Å²) in [7, 11) is 0. The summed E-state index contributed by atoms with van der Waals surface area (Å²) in [6, 6.07) is -0.387. The summed E-state index contributed by atoms with van der Waals surface area (Å²) in [5, 5.41) is 28.2. The molecule has 0 amide bonds. The molecule has 98 valence electrons. The number of rotatable bonds is 9. The van der Waals surface area contributed by atoms with Crippen molar-refractivity contribution in [3.63, 3.8) is 0 Å². The van der Waals surface area contributed by atoms with Gasteiger partial charge in [-0.15, -0.1) is 0 Å². The number of carbonyl (C=O) groups is 3. The first-order chi connectivity index (χ1) is 7.82. The van der Waals surface area contributed by atoms with Crippen molar-refractivity contribution in [1.29, 1.82) is 0 Å². The van der Waals surface area contributed by atoms with Gasteiger partial charge in [0.2, 0.25) is 0 Å². The molecule has 8 heteroatoms. The first-order valence-corrected chi connectivity index (χ1v) is 4.93. The van der Waals surface area contributed by atoms with Gasteiger partial charge in [0.15, 0.2) is 0 Å². The average molecular weight is 248 g/mol. The Morgan fingerprint density at radius 1 is 1.06 bits per heavy atom. The minimum atomic E-state index is -1.13. The van der Waals surface area contributed by atoms with E-state index in [0.29, 0.717) is 0 Å². The summed E-state index contributed by atoms with van der Waals surface area (Å²) in [5.41, 5.74) is 0. The maximum atomic E-state index is 10.5. The lowest BCUT2D eigenvalue weighted by Gasteiger charge is -2.25. The molecule has 0 spiro atoms. The highest BCUT2D eigenvalue weighted by Gasteiger charge is 2.19. The molecule has 1 atom stereocenters. The number of carboxylic acids is 3. The Hall–Kier alpha value is -1.67. The monoisotopic (exact) mass is 248 g/mol. The molecule has 0 saturated heterocycles. The normalized spacial score (nSPS) is 12.4. The maximum Gasteiger partial charge on any atom is 0.317 e. The highest BCUT2D eigenvalue weighted by molar-refractivity contribution is 5.72. The Morgan fingerprint density at radius 3 is 1.88 bits per heavy atom. The summed E-state index contributed by atoms with van der Waals surface area (Å²) >= 11 is 0. The van der Waals surface area contributed by atoms with Gasteiger partial charge in [0, 0.05) is 12.6 Å². The Balaban J connectivity index is 4.20. The molecule has 0 aromatic rings. The van der Waals surface area contributed by atoms with Crippen molar-refractivity contribution in [2.45, 2.75) is 13.0 Å². The lowest BCUT2D eigenvalue weighted by Crippen LogP contribution is -2.46. The molecule has 0 aliphatic heterocycles. The number of hydrogen-bond donors (Lipinski definition) is 4. The quantitative estimate of drug-likeness (QED) is 0.389. The van der Waals surface area contributed by atoms with Crippen molar-refractivity contribution >= 4 is 17.9 Å². The summed E-state index contributed by atoms with van der Waals surface area (Å²) < 4.78 is 0. The molecule has 17 heavy (non-hydrogen) atoms. The smallest absolute Gasteiger partial charge is 0.317 e. The zero-order valence-electron chi connectivity index (χ0n) is 9.42. The fourth-order valence-electron chi connectivity index (χ4n) is 1.23. The standard InChI is InChI=1S/C9H16N2O6/c1-6(2-10-3-7(12)13)11(4-8(14)15)5-9(16)17/h6,10H,2-5H2,1H3,(H,12,13)(H,14,15)(H,16,17). The second kappa shape index (κ2) is 7.58. The Labute approximate surface area is 97.8 Å². The molecule has 8 nitrogen and oxygen atoms in total. The Bertz CT molecular complexity index is 277. The molecule has 0 saturated carbocycles. The van der Waals surface area contributed by atoms with Crippen LogP contribution in [0.5, 0.6) is 0 Å². The molecule has 0 aliphatic rings. The van der Waals surface area contributed by atoms with Crippen LogP contribution >= 0.6 is 0 Å². The lowest BCUT2D eigenvalue weighted by atomic mass is 10.2. The molecule has 0 aliphatic carbocycles. The van der Waals surface area contributed by atoms with Crippen molar-refractivity contribution in [3.8, 4) is 0 Å². The number of nitrogens with zero attached hydrogens (tertiary/aromatic N) is 1. The largest absolute Gasteiger partial charge is 0.480 e. The van der Waals surface area contributed by atoms with Crippen molar-refractivity contribution in [3.05, 3.63) is 0 Å². The molecule has 0 aromatic heterocycles. The Morgan fingerprint density at radius 2 is 1.53 bits per heavy atom. The molecular weight excluding hydrogens is 232 g/mol. The Kier molecular flexibility index (Phi) is 6.83. The minimum absolute atomic E-state index is 0.201. The third kappa shape index (κ3) is 8.17. The number of aliphatic carboxylic acids is 3. The predicted octanol–water partition coefficient (Wildman–Crippen LogP) is -1.48. The van der Waals surface area contributed by atoms with Crippen LogP contribution in [-0.4, -0.2) is 70.3 Å². The van der Waals surface area contributed by atoms with Gasteiger partial charge in [-0.25, -0.2) is 0 Å². The van der Waals surface area contributed by atoms with E-state index in [1.54, 1.807) is 6.92 Å². The van der Waals surface area contributed by atoms with Gasteiger partial charge in [0.25, 0.3) is 0 Å². The summed E-state index contributed by atoms with van der Waals surface area (Å²) in [4.78, 5) is 32.5. The van der Waals surface area contributed by atoms with Gasteiger partial charge in [-0.3, -0.25) is 19.3 Å². The third-order valence-corrected chi connectivity index (χ3v) is 2.02. The van der Waals surface area contributed by atoms with Crippen LogP contribution < -0.4 is 5.32 Å². The predicted molar refractivity (Wildman–Crippen MR) is 56.8 cm³/mol. The van der Waals surface area contributed by atoms with Crippen LogP contribution in [0.2, 0.25) is 0 Å². The van der Waals surface area contributed by atoms with E-state index < -0.39 is 31.0 Å². The van der Waals surface area contributed by atoms with Crippen LogP contribution in [0, 0.1) is 0 Å². The van der Waals surface area contributed by atoms with Crippen molar-refractivity contribution in [1.82, 2.24) is 10.2 Å². The minimum Gasteiger partial charge on any atom is -0.480 e. The first kappa shape index (κ1) is 15.3. The molecule has 0 radical (unpaired) electrons. The van der Waals surface area contributed by atoms with E-state index in [1.165, 1.54) is 4.90 Å². The number of hydrogen-bond acceptors (Lipinski definition) is 5. The fourth-order valence-corrected chi connectivity index (χ4v) is 1.23. The van der Waals surface area contributed by atoms with Gasteiger partial charge < -0.3 is 20.6 Å². The number of carboxylic acid groups (broad SMARTS) is 3. The SMILES string of the molecule is CC(CNCC(=O)O)N(CC(=O)O)CC(=O)O. The zero-order valence-corrected chi connectivity index (χ0v) is 9.42. The van der Waals surface area contributed by atoms with E-state index in [0.717, 1.165) is 0 Å². The number of nitrogens with one attached hydrogen (secondary N) is 1. The molecule has 0 bridgehead atoms. The fraction of sp³-hybridized carbons (Fsp3) is 0.667. The van der Waals surface area contributed by atoms with Gasteiger partial charge in [-0.2, -0.15) is 0 Å². The zero-order chi connectivity index (χ0) is 13.4. The van der Waals surface area contributed by atoms with Crippen LogP contribution in [-0.2, 0) is 14.4 Å². The van der Waals surface area contributed by atoms with Crippen LogP contribution in [0.4, 0.5) is 0 Å². The molecule has 0 fully saturated rings. The lowest BCUT2D eigenvalue weighted by molar-refractivity contribution is -0.143. The van der Waals surface area contributed by atoms with Crippen LogP contribution in [0.25, 0.3) is 0 Å². The average Bonchev–Trinajstić information content (AvgIpc) is 2.14. The molecule has 0 rings (SSSR count). The van der Waals surface area contributed by atoms with E-state index >= 15 is 0 Å². The highest BCUT2D eigenvalue weighted by atomic mass is 16.4. The van der Waals surface area contributed by atoms with Gasteiger partial charge >= 0.3 is 17.9 Å². The molecular formula is C9H16N2O6. The highest BCUT2D eigenvalue weighted by Crippen LogP contribution is 1.97. The van der Waals surface area contributed by atoms with Gasteiger partial charge in [-0.05, 0) is 6.92 Å². The van der Waals surface area contributed by atoms with E-state index in [9.17, 15) is 14.4 Å². The van der Waals surface area contributed by atoms with Gasteiger partial charge in [0.05, 0.1) is 19.6 Å². The van der Waals surface area contributed by atoms with Crippen molar-refractivity contribution in [2.75, 3.05) is 26.2 Å². The van der Waals surface area contributed by atoms with Crippen LogP contribution in [0.1, 0.15) is 6.92 Å². The molecule has 0 aromatic carbocycles. The van der Waals surface area contributed by atoms with E-state index in [2.05, 4.69) is 5.32 Å².